The second-order valence-corrected chi connectivity index (χ2v) is 4.18. The van der Waals surface area contributed by atoms with Gasteiger partial charge in [0.1, 0.15) is 0 Å². The van der Waals surface area contributed by atoms with Crippen LogP contribution in [0.1, 0.15) is 28.5 Å². The monoisotopic (exact) mass is 272 g/mol. The van der Waals surface area contributed by atoms with Crippen LogP contribution < -0.4 is 0 Å². The van der Waals surface area contributed by atoms with E-state index in [1.165, 1.54) is 6.26 Å². The van der Waals surface area contributed by atoms with Gasteiger partial charge in [0.15, 0.2) is 5.69 Å². The van der Waals surface area contributed by atoms with Crippen molar-refractivity contribution in [1.29, 1.82) is 0 Å². The van der Waals surface area contributed by atoms with Gasteiger partial charge < -0.3 is 9.84 Å². The highest BCUT2D eigenvalue weighted by Crippen LogP contribution is 2.11. The second kappa shape index (κ2) is 6.56. The van der Waals surface area contributed by atoms with E-state index in [-0.39, 0.29) is 5.69 Å². The van der Waals surface area contributed by atoms with Gasteiger partial charge in [-0.2, -0.15) is 5.10 Å². The van der Waals surface area contributed by atoms with Crippen molar-refractivity contribution < 1.29 is 14.6 Å². The minimum Gasteiger partial charge on any atom is -0.501 e. The maximum atomic E-state index is 11.2. The molecule has 0 unspecified atom stereocenters. The Morgan fingerprint density at radius 1 is 1.40 bits per heavy atom. The van der Waals surface area contributed by atoms with E-state index in [4.69, 9.17) is 9.84 Å². The maximum absolute atomic E-state index is 11.2. The number of ether oxygens (including phenoxy) is 1. The lowest BCUT2D eigenvalue weighted by molar-refractivity contribution is 0.0689. The molecule has 1 N–H and O–H groups in total. The van der Waals surface area contributed by atoms with Crippen molar-refractivity contribution >= 4 is 12.0 Å². The normalized spacial score (nSPS) is 10.8. The van der Waals surface area contributed by atoms with E-state index in [1.807, 2.05) is 37.3 Å². The number of nitrogens with zero attached hydrogens (tertiary/aromatic N) is 2. The van der Waals surface area contributed by atoms with Crippen molar-refractivity contribution in [3.63, 3.8) is 0 Å². The molecule has 1 heterocycles. The Labute approximate surface area is 117 Å². The summed E-state index contributed by atoms with van der Waals surface area (Å²) in [6.07, 6.45) is 4.80. The van der Waals surface area contributed by atoms with Crippen molar-refractivity contribution in [2.24, 2.45) is 0 Å². The van der Waals surface area contributed by atoms with Crippen LogP contribution in [0.3, 0.4) is 0 Å². The molecule has 20 heavy (non-hydrogen) atoms. The fraction of sp³-hybridized carbons (Fsp3) is 0.200. The van der Waals surface area contributed by atoms with E-state index in [9.17, 15) is 4.79 Å². The number of rotatable bonds is 6. The molecule has 0 spiro atoms. The summed E-state index contributed by atoms with van der Waals surface area (Å²) in [5.41, 5.74) is 1.62. The Kier molecular flexibility index (Phi) is 4.55. The van der Waals surface area contributed by atoms with Gasteiger partial charge >= 0.3 is 5.97 Å². The minimum absolute atomic E-state index is 0.0249. The standard InChI is InChI=1S/C15H16N2O3/c1-2-20-9-8-13-11-17(16-14(13)15(18)19)10-12-6-4-3-5-7-12/h3-9,11H,2,10H2,1H3,(H,18,19). The van der Waals surface area contributed by atoms with Gasteiger partial charge in [0.05, 0.1) is 19.4 Å². The minimum atomic E-state index is -1.05. The first kappa shape index (κ1) is 13.9. The van der Waals surface area contributed by atoms with Crippen LogP contribution in [0, 0.1) is 0 Å². The molecule has 0 saturated heterocycles. The van der Waals surface area contributed by atoms with E-state index in [0.29, 0.717) is 18.7 Å². The van der Waals surface area contributed by atoms with Crippen molar-refractivity contribution in [3.05, 3.63) is 59.6 Å². The van der Waals surface area contributed by atoms with Gasteiger partial charge in [-0.25, -0.2) is 4.79 Å². The van der Waals surface area contributed by atoms with E-state index < -0.39 is 5.97 Å². The molecule has 0 fully saturated rings. The highest BCUT2D eigenvalue weighted by atomic mass is 16.5. The highest BCUT2D eigenvalue weighted by molar-refractivity contribution is 5.89. The average molecular weight is 272 g/mol. The lowest BCUT2D eigenvalue weighted by atomic mass is 10.2. The zero-order valence-electron chi connectivity index (χ0n) is 11.2. The van der Waals surface area contributed by atoms with Gasteiger partial charge in [0.2, 0.25) is 0 Å². The Balaban J connectivity index is 2.22. The predicted molar refractivity (Wildman–Crippen MR) is 75.4 cm³/mol. The average Bonchev–Trinajstić information content (AvgIpc) is 2.83. The molecule has 2 rings (SSSR count). The smallest absolute Gasteiger partial charge is 0.357 e. The van der Waals surface area contributed by atoms with Crippen LogP contribution in [-0.4, -0.2) is 27.5 Å². The number of carboxylic acid groups (broad SMARTS) is 1. The number of carbonyl (C=O) groups is 1. The summed E-state index contributed by atoms with van der Waals surface area (Å²) in [6, 6.07) is 9.75. The van der Waals surface area contributed by atoms with E-state index in [0.717, 1.165) is 5.56 Å². The molecule has 0 aliphatic carbocycles. The number of aromatic nitrogens is 2. The number of carboxylic acids is 1. The Morgan fingerprint density at radius 2 is 2.15 bits per heavy atom. The van der Waals surface area contributed by atoms with Crippen molar-refractivity contribution in [2.75, 3.05) is 6.61 Å². The third kappa shape index (κ3) is 3.47. The van der Waals surface area contributed by atoms with Crippen LogP contribution in [0.4, 0.5) is 0 Å². The molecule has 0 bridgehead atoms. The fourth-order valence-electron chi connectivity index (χ4n) is 1.79. The lowest BCUT2D eigenvalue weighted by Gasteiger charge is -2.00. The summed E-state index contributed by atoms with van der Waals surface area (Å²) in [5, 5.41) is 13.2. The van der Waals surface area contributed by atoms with Crippen molar-refractivity contribution in [1.82, 2.24) is 9.78 Å². The van der Waals surface area contributed by atoms with Crippen LogP contribution in [0.5, 0.6) is 0 Å². The van der Waals surface area contributed by atoms with E-state index in [2.05, 4.69) is 5.10 Å². The Morgan fingerprint density at radius 3 is 2.80 bits per heavy atom. The predicted octanol–water partition coefficient (Wildman–Crippen LogP) is 2.64. The molecule has 5 heteroatoms. The molecular formula is C15H16N2O3. The first-order valence-corrected chi connectivity index (χ1v) is 6.33. The first-order valence-electron chi connectivity index (χ1n) is 6.33. The van der Waals surface area contributed by atoms with Gasteiger partial charge in [-0.05, 0) is 18.6 Å². The highest BCUT2D eigenvalue weighted by Gasteiger charge is 2.14. The van der Waals surface area contributed by atoms with Gasteiger partial charge in [-0.15, -0.1) is 0 Å². The molecular weight excluding hydrogens is 256 g/mol. The molecule has 1 aromatic heterocycles. The summed E-state index contributed by atoms with van der Waals surface area (Å²) >= 11 is 0. The molecule has 0 radical (unpaired) electrons. The van der Waals surface area contributed by atoms with Crippen LogP contribution in [0.25, 0.3) is 6.08 Å². The van der Waals surface area contributed by atoms with Crippen LogP contribution in [0.2, 0.25) is 0 Å². The zero-order chi connectivity index (χ0) is 14.4. The topological polar surface area (TPSA) is 64.4 Å². The summed E-state index contributed by atoms with van der Waals surface area (Å²) in [5.74, 6) is -1.05. The molecule has 0 aliphatic rings. The number of aromatic carboxylic acids is 1. The van der Waals surface area contributed by atoms with Crippen LogP contribution in [-0.2, 0) is 11.3 Å². The fourth-order valence-corrected chi connectivity index (χ4v) is 1.79. The Bertz CT molecular complexity index is 603. The number of hydrogen-bond donors (Lipinski definition) is 1. The van der Waals surface area contributed by atoms with Crippen LogP contribution >= 0.6 is 0 Å². The second-order valence-electron chi connectivity index (χ2n) is 4.18. The van der Waals surface area contributed by atoms with Crippen LogP contribution in [0.15, 0.2) is 42.8 Å². The summed E-state index contributed by atoms with van der Waals surface area (Å²) in [4.78, 5) is 11.2. The summed E-state index contributed by atoms with van der Waals surface area (Å²) in [6.45, 7) is 2.93. The zero-order valence-corrected chi connectivity index (χ0v) is 11.2. The molecule has 1 aromatic carbocycles. The molecule has 0 atom stereocenters. The SMILES string of the molecule is CCOC=Cc1cn(Cc2ccccc2)nc1C(=O)O. The van der Waals surface area contributed by atoms with Gasteiger partial charge in [-0.1, -0.05) is 30.3 Å². The van der Waals surface area contributed by atoms with Gasteiger partial charge in [-0.3, -0.25) is 4.68 Å². The lowest BCUT2D eigenvalue weighted by Crippen LogP contribution is -2.04. The molecule has 0 saturated carbocycles. The van der Waals surface area contributed by atoms with Crippen molar-refractivity contribution in [2.45, 2.75) is 13.5 Å². The molecule has 104 valence electrons. The molecule has 2 aromatic rings. The first-order chi connectivity index (χ1) is 9.70. The number of benzene rings is 1. The third-order valence-corrected chi connectivity index (χ3v) is 2.69. The largest absolute Gasteiger partial charge is 0.501 e. The summed E-state index contributed by atoms with van der Waals surface area (Å²) in [7, 11) is 0. The van der Waals surface area contributed by atoms with Gasteiger partial charge in [0, 0.05) is 11.8 Å². The molecule has 0 aliphatic heterocycles. The number of hydrogen-bond acceptors (Lipinski definition) is 3. The van der Waals surface area contributed by atoms with Gasteiger partial charge in [0.25, 0.3) is 0 Å². The maximum Gasteiger partial charge on any atom is 0.357 e. The van der Waals surface area contributed by atoms with Crippen molar-refractivity contribution in [3.8, 4) is 0 Å². The Hall–Kier alpha value is -2.56. The molecule has 5 nitrogen and oxygen atoms in total. The van der Waals surface area contributed by atoms with E-state index in [1.54, 1.807) is 17.0 Å². The molecule has 0 amide bonds. The quantitative estimate of drug-likeness (QED) is 0.821. The summed E-state index contributed by atoms with van der Waals surface area (Å²) < 4.78 is 6.70. The third-order valence-electron chi connectivity index (χ3n) is 2.69. The van der Waals surface area contributed by atoms with E-state index >= 15 is 0 Å².